The summed E-state index contributed by atoms with van der Waals surface area (Å²) in [5, 5.41) is 0. The number of benzene rings is 2. The van der Waals surface area contributed by atoms with E-state index in [1.807, 2.05) is 60.9 Å². The fourth-order valence-corrected chi connectivity index (χ4v) is 3.91. The first-order valence-electron chi connectivity index (χ1n) is 13.5. The van der Waals surface area contributed by atoms with Crippen LogP contribution in [0.15, 0.2) is 60.9 Å². The Balaban J connectivity index is 1.48. The molecule has 0 radical (unpaired) electrons. The summed E-state index contributed by atoms with van der Waals surface area (Å²) in [4.78, 5) is 21.2. The van der Waals surface area contributed by atoms with Gasteiger partial charge in [-0.25, -0.2) is 9.97 Å². The highest BCUT2D eigenvalue weighted by molar-refractivity contribution is 5.73. The Morgan fingerprint density at radius 3 is 2.11 bits per heavy atom. The molecular formula is C31H40N2O3. The lowest BCUT2D eigenvalue weighted by molar-refractivity contribution is -0.134. The molecular weight excluding hydrogens is 448 g/mol. The number of unbranched alkanes of at least 4 members (excludes halogenated alkanes) is 4. The van der Waals surface area contributed by atoms with Crippen molar-refractivity contribution in [2.75, 3.05) is 6.61 Å². The fraction of sp³-hybridized carbons (Fsp3) is 0.452. The zero-order valence-electron chi connectivity index (χ0n) is 22.0. The third-order valence-electron chi connectivity index (χ3n) is 6.48. The van der Waals surface area contributed by atoms with E-state index >= 15 is 0 Å². The van der Waals surface area contributed by atoms with E-state index in [9.17, 15) is 4.79 Å². The molecule has 5 heteroatoms. The summed E-state index contributed by atoms with van der Waals surface area (Å²) in [6, 6.07) is 15.4. The number of aromatic nitrogens is 2. The van der Waals surface area contributed by atoms with Gasteiger partial charge < -0.3 is 9.47 Å². The summed E-state index contributed by atoms with van der Waals surface area (Å²) < 4.78 is 11.3. The van der Waals surface area contributed by atoms with E-state index in [0.29, 0.717) is 18.0 Å². The van der Waals surface area contributed by atoms with Crippen LogP contribution in [0.4, 0.5) is 0 Å². The molecule has 0 spiro atoms. The van der Waals surface area contributed by atoms with Gasteiger partial charge in [-0.1, -0.05) is 71.4 Å². The normalized spacial score (nSPS) is 11.8. The molecule has 36 heavy (non-hydrogen) atoms. The topological polar surface area (TPSA) is 61.3 Å². The predicted octanol–water partition coefficient (Wildman–Crippen LogP) is 8.28. The molecule has 0 bridgehead atoms. The maximum Gasteiger partial charge on any atom is 0.311 e. The first kappa shape index (κ1) is 27.4. The maximum absolute atomic E-state index is 12.1. The van der Waals surface area contributed by atoms with E-state index in [2.05, 4.69) is 30.7 Å². The summed E-state index contributed by atoms with van der Waals surface area (Å²) in [5.41, 5.74) is 2.83. The van der Waals surface area contributed by atoms with Crippen LogP contribution in [0.5, 0.6) is 11.5 Å². The number of hydrogen-bond donors (Lipinski definition) is 0. The lowest BCUT2D eigenvalue weighted by Gasteiger charge is -2.08. The van der Waals surface area contributed by atoms with Gasteiger partial charge in [0.05, 0.1) is 6.61 Å². The second kappa shape index (κ2) is 15.0. The molecule has 192 valence electrons. The molecule has 0 aliphatic carbocycles. The number of esters is 1. The third kappa shape index (κ3) is 9.10. The van der Waals surface area contributed by atoms with Crippen molar-refractivity contribution in [3.63, 3.8) is 0 Å². The smallest absolute Gasteiger partial charge is 0.311 e. The van der Waals surface area contributed by atoms with Crippen LogP contribution in [0.3, 0.4) is 0 Å². The van der Waals surface area contributed by atoms with Gasteiger partial charge in [0.2, 0.25) is 0 Å². The molecule has 0 fully saturated rings. The number of carbonyl (C=O) groups is 1. The monoisotopic (exact) mass is 488 g/mol. The lowest BCUT2D eigenvalue weighted by Crippen LogP contribution is -2.07. The second-order valence-corrected chi connectivity index (χ2v) is 9.49. The van der Waals surface area contributed by atoms with Gasteiger partial charge >= 0.3 is 5.97 Å². The Morgan fingerprint density at radius 1 is 0.778 bits per heavy atom. The van der Waals surface area contributed by atoms with E-state index in [1.54, 1.807) is 0 Å². The van der Waals surface area contributed by atoms with Crippen LogP contribution in [-0.2, 0) is 4.79 Å². The molecule has 1 heterocycles. The number of nitrogens with zero attached hydrogens (tertiary/aromatic N) is 2. The van der Waals surface area contributed by atoms with Crippen LogP contribution in [0.2, 0.25) is 0 Å². The SMILES string of the molecule is CCCCCCOc1ccc(-c2ncc(-c3ccc(OC(=O)CCCCC(C)CC)cc3)cn2)cc1. The summed E-state index contributed by atoms with van der Waals surface area (Å²) >= 11 is 0. The minimum Gasteiger partial charge on any atom is -0.494 e. The van der Waals surface area contributed by atoms with E-state index in [1.165, 1.54) is 25.7 Å². The average Bonchev–Trinajstić information content (AvgIpc) is 2.92. The van der Waals surface area contributed by atoms with Gasteiger partial charge in [-0.15, -0.1) is 0 Å². The molecule has 3 rings (SSSR count). The zero-order chi connectivity index (χ0) is 25.6. The molecule has 2 aromatic carbocycles. The Hall–Kier alpha value is -3.21. The van der Waals surface area contributed by atoms with Crippen molar-refractivity contribution in [3.05, 3.63) is 60.9 Å². The van der Waals surface area contributed by atoms with Crippen molar-refractivity contribution in [1.82, 2.24) is 9.97 Å². The minimum absolute atomic E-state index is 0.174. The van der Waals surface area contributed by atoms with E-state index in [0.717, 1.165) is 60.6 Å². The van der Waals surface area contributed by atoms with E-state index in [4.69, 9.17) is 9.47 Å². The van der Waals surface area contributed by atoms with Crippen molar-refractivity contribution in [3.8, 4) is 34.0 Å². The van der Waals surface area contributed by atoms with Crippen LogP contribution >= 0.6 is 0 Å². The largest absolute Gasteiger partial charge is 0.494 e. The zero-order valence-corrected chi connectivity index (χ0v) is 22.0. The molecule has 1 atom stereocenters. The van der Waals surface area contributed by atoms with Crippen molar-refractivity contribution in [2.45, 2.75) is 78.6 Å². The van der Waals surface area contributed by atoms with Crippen LogP contribution in [0, 0.1) is 5.92 Å². The molecule has 0 saturated heterocycles. The predicted molar refractivity (Wildman–Crippen MR) is 146 cm³/mol. The fourth-order valence-electron chi connectivity index (χ4n) is 3.91. The van der Waals surface area contributed by atoms with Gasteiger partial charge in [0.15, 0.2) is 5.82 Å². The molecule has 5 nitrogen and oxygen atoms in total. The first-order valence-corrected chi connectivity index (χ1v) is 13.5. The summed E-state index contributed by atoms with van der Waals surface area (Å²) in [6.45, 7) is 7.41. The molecule has 3 aromatic rings. The van der Waals surface area contributed by atoms with Gasteiger partial charge in [0.25, 0.3) is 0 Å². The van der Waals surface area contributed by atoms with Crippen LogP contribution < -0.4 is 9.47 Å². The Morgan fingerprint density at radius 2 is 1.44 bits per heavy atom. The molecule has 1 aromatic heterocycles. The van der Waals surface area contributed by atoms with Crippen molar-refractivity contribution in [1.29, 1.82) is 0 Å². The summed E-state index contributed by atoms with van der Waals surface area (Å²) in [6.07, 6.45) is 13.2. The van der Waals surface area contributed by atoms with Gasteiger partial charge in [-0.05, 0) is 60.7 Å². The van der Waals surface area contributed by atoms with E-state index < -0.39 is 0 Å². The van der Waals surface area contributed by atoms with Crippen LogP contribution in [-0.4, -0.2) is 22.5 Å². The first-order chi connectivity index (χ1) is 17.6. The quantitative estimate of drug-likeness (QED) is 0.122. The molecule has 0 saturated carbocycles. The van der Waals surface area contributed by atoms with Crippen molar-refractivity contribution >= 4 is 5.97 Å². The number of ether oxygens (including phenoxy) is 2. The average molecular weight is 489 g/mol. The standard InChI is InChI=1S/C31H40N2O3/c1-4-6-7-10-21-35-28-17-15-26(16-18-28)31-32-22-27(23-33-31)25-13-19-29(20-14-25)36-30(34)12-9-8-11-24(3)5-2/h13-20,22-24H,4-12,21H2,1-3H3. The summed E-state index contributed by atoms with van der Waals surface area (Å²) in [7, 11) is 0. The van der Waals surface area contributed by atoms with Gasteiger partial charge in [-0.2, -0.15) is 0 Å². The van der Waals surface area contributed by atoms with Gasteiger partial charge in [0.1, 0.15) is 11.5 Å². The highest BCUT2D eigenvalue weighted by Crippen LogP contribution is 2.24. The Kier molecular flexibility index (Phi) is 11.4. The molecule has 0 amide bonds. The Bertz CT molecular complexity index is 1030. The van der Waals surface area contributed by atoms with Gasteiger partial charge in [-0.3, -0.25) is 4.79 Å². The molecule has 0 aliphatic heterocycles. The number of carbonyl (C=O) groups excluding carboxylic acids is 1. The molecule has 1 unspecified atom stereocenters. The van der Waals surface area contributed by atoms with Crippen molar-refractivity contribution < 1.29 is 14.3 Å². The molecule has 0 aliphatic rings. The third-order valence-corrected chi connectivity index (χ3v) is 6.48. The Labute approximate surface area is 216 Å². The van der Waals surface area contributed by atoms with Crippen LogP contribution in [0.1, 0.15) is 78.6 Å². The van der Waals surface area contributed by atoms with Crippen molar-refractivity contribution in [2.24, 2.45) is 5.92 Å². The summed E-state index contributed by atoms with van der Waals surface area (Å²) in [5.74, 6) is 2.66. The second-order valence-electron chi connectivity index (χ2n) is 9.49. The van der Waals surface area contributed by atoms with Crippen LogP contribution in [0.25, 0.3) is 22.5 Å². The maximum atomic E-state index is 12.1. The number of rotatable bonds is 15. The lowest BCUT2D eigenvalue weighted by atomic mass is 10.0. The minimum atomic E-state index is -0.174. The van der Waals surface area contributed by atoms with Gasteiger partial charge in [0, 0.05) is 29.9 Å². The number of hydrogen-bond acceptors (Lipinski definition) is 5. The molecule has 0 N–H and O–H groups in total. The van der Waals surface area contributed by atoms with E-state index in [-0.39, 0.29) is 5.97 Å². The highest BCUT2D eigenvalue weighted by atomic mass is 16.5. The highest BCUT2D eigenvalue weighted by Gasteiger charge is 2.08.